The lowest BCUT2D eigenvalue weighted by Gasteiger charge is -2.14. The minimum Gasteiger partial charge on any atom is -0.377 e. The fourth-order valence-electron chi connectivity index (χ4n) is 2.43. The lowest BCUT2D eigenvalue weighted by molar-refractivity contribution is -0.127. The van der Waals surface area contributed by atoms with Gasteiger partial charge in [-0.2, -0.15) is 4.68 Å². The second kappa shape index (κ2) is 7.57. The summed E-state index contributed by atoms with van der Waals surface area (Å²) in [7, 11) is 3.51. The molecule has 1 amide bonds. The van der Waals surface area contributed by atoms with E-state index < -0.39 is 0 Å². The summed E-state index contributed by atoms with van der Waals surface area (Å²) in [5, 5.41) is 15.2. The number of likely N-dealkylation sites (N-methyl/N-ethyl adjacent to an activating group) is 1. The Bertz CT molecular complexity index is 844. The molecule has 7 nitrogen and oxygen atoms in total. The number of carbonyl (C=O) groups is 1. The summed E-state index contributed by atoms with van der Waals surface area (Å²) in [5.74, 6) is 0.753. The van der Waals surface area contributed by atoms with Gasteiger partial charge in [-0.25, -0.2) is 0 Å². The van der Waals surface area contributed by atoms with E-state index in [4.69, 9.17) is 0 Å². The standard InChI is InChI=1S/C18H20N6O/c1-23(2)18(25)12-14-8-6-7-11-16(14)19-13-17-20-21-22-24(17)15-9-4-3-5-10-15/h3-11,19H,12-13H2,1-2H3. The summed E-state index contributed by atoms with van der Waals surface area (Å²) in [6.45, 7) is 0.453. The molecule has 25 heavy (non-hydrogen) atoms. The quantitative estimate of drug-likeness (QED) is 0.744. The molecule has 7 heteroatoms. The molecule has 0 saturated heterocycles. The van der Waals surface area contributed by atoms with E-state index in [0.717, 1.165) is 16.9 Å². The monoisotopic (exact) mass is 336 g/mol. The maximum Gasteiger partial charge on any atom is 0.226 e. The van der Waals surface area contributed by atoms with Gasteiger partial charge in [0, 0.05) is 19.8 Å². The minimum atomic E-state index is 0.0587. The SMILES string of the molecule is CN(C)C(=O)Cc1ccccc1NCc1nnnn1-c1ccccc1. The van der Waals surface area contributed by atoms with Crippen molar-refractivity contribution in [2.24, 2.45) is 0 Å². The Kier molecular flexibility index (Phi) is 5.03. The molecule has 2 aromatic carbocycles. The highest BCUT2D eigenvalue weighted by atomic mass is 16.2. The first kappa shape index (κ1) is 16.6. The molecule has 0 atom stereocenters. The van der Waals surface area contributed by atoms with Gasteiger partial charge in [-0.05, 0) is 34.2 Å². The third-order valence-electron chi connectivity index (χ3n) is 3.83. The van der Waals surface area contributed by atoms with Gasteiger partial charge in [-0.15, -0.1) is 5.10 Å². The largest absolute Gasteiger partial charge is 0.377 e. The summed E-state index contributed by atoms with van der Waals surface area (Å²) in [6, 6.07) is 17.5. The van der Waals surface area contributed by atoms with E-state index in [-0.39, 0.29) is 5.91 Å². The first-order chi connectivity index (χ1) is 12.1. The van der Waals surface area contributed by atoms with Crippen molar-refractivity contribution in [2.75, 3.05) is 19.4 Å². The molecule has 128 valence electrons. The number of nitrogens with zero attached hydrogens (tertiary/aromatic N) is 5. The lowest BCUT2D eigenvalue weighted by atomic mass is 10.1. The van der Waals surface area contributed by atoms with Crippen LogP contribution in [0, 0.1) is 0 Å². The van der Waals surface area contributed by atoms with Crippen LogP contribution < -0.4 is 5.32 Å². The van der Waals surface area contributed by atoms with Crippen molar-refractivity contribution in [3.8, 4) is 5.69 Å². The van der Waals surface area contributed by atoms with Gasteiger partial charge < -0.3 is 10.2 Å². The van der Waals surface area contributed by atoms with E-state index in [9.17, 15) is 4.79 Å². The van der Waals surface area contributed by atoms with E-state index in [1.165, 1.54) is 0 Å². The number of para-hydroxylation sites is 2. The van der Waals surface area contributed by atoms with Crippen LogP contribution in [-0.2, 0) is 17.8 Å². The Morgan fingerprint density at radius 2 is 1.80 bits per heavy atom. The molecule has 3 aromatic rings. The number of anilines is 1. The van der Waals surface area contributed by atoms with Crippen molar-refractivity contribution in [3.63, 3.8) is 0 Å². The molecule has 0 spiro atoms. The maximum atomic E-state index is 12.0. The van der Waals surface area contributed by atoms with Gasteiger partial charge >= 0.3 is 0 Å². The molecule has 1 N–H and O–H groups in total. The lowest BCUT2D eigenvalue weighted by Crippen LogP contribution is -2.24. The Morgan fingerprint density at radius 1 is 1.08 bits per heavy atom. The number of aromatic nitrogens is 4. The molecule has 0 fully saturated rings. The fourth-order valence-corrected chi connectivity index (χ4v) is 2.43. The van der Waals surface area contributed by atoms with Crippen LogP contribution in [0.15, 0.2) is 54.6 Å². The Morgan fingerprint density at radius 3 is 2.56 bits per heavy atom. The molecule has 0 saturated carbocycles. The molecule has 0 aliphatic rings. The van der Waals surface area contributed by atoms with Crippen molar-refractivity contribution < 1.29 is 4.79 Å². The summed E-state index contributed by atoms with van der Waals surface area (Å²) < 4.78 is 1.70. The Hall–Kier alpha value is -3.22. The number of hydrogen-bond donors (Lipinski definition) is 1. The van der Waals surface area contributed by atoms with Gasteiger partial charge in [0.15, 0.2) is 5.82 Å². The van der Waals surface area contributed by atoms with Gasteiger partial charge in [0.05, 0.1) is 18.7 Å². The number of nitrogens with one attached hydrogen (secondary N) is 1. The van der Waals surface area contributed by atoms with Crippen molar-refractivity contribution in [3.05, 3.63) is 66.0 Å². The third-order valence-corrected chi connectivity index (χ3v) is 3.83. The Labute approximate surface area is 146 Å². The van der Waals surface area contributed by atoms with Gasteiger partial charge in [-0.3, -0.25) is 4.79 Å². The number of benzene rings is 2. The molecular weight excluding hydrogens is 316 g/mol. The minimum absolute atomic E-state index is 0.0587. The van der Waals surface area contributed by atoms with Gasteiger partial charge in [0.1, 0.15) is 0 Å². The topological polar surface area (TPSA) is 75.9 Å². The molecule has 0 aliphatic heterocycles. The summed E-state index contributed by atoms with van der Waals surface area (Å²) in [4.78, 5) is 13.6. The van der Waals surface area contributed by atoms with Crippen molar-refractivity contribution in [2.45, 2.75) is 13.0 Å². The van der Waals surface area contributed by atoms with Crippen LogP contribution in [0.25, 0.3) is 5.69 Å². The van der Waals surface area contributed by atoms with Gasteiger partial charge in [0.2, 0.25) is 5.91 Å². The zero-order valence-corrected chi connectivity index (χ0v) is 14.3. The van der Waals surface area contributed by atoms with Gasteiger partial charge in [-0.1, -0.05) is 36.4 Å². The maximum absolute atomic E-state index is 12.0. The van der Waals surface area contributed by atoms with Crippen LogP contribution >= 0.6 is 0 Å². The zero-order chi connectivity index (χ0) is 17.6. The van der Waals surface area contributed by atoms with Crippen LogP contribution in [0.5, 0.6) is 0 Å². The third kappa shape index (κ3) is 4.00. The number of rotatable bonds is 6. The molecule has 0 unspecified atom stereocenters. The average molecular weight is 336 g/mol. The van der Waals surface area contributed by atoms with Crippen LogP contribution in [-0.4, -0.2) is 45.1 Å². The average Bonchev–Trinajstić information content (AvgIpc) is 3.10. The van der Waals surface area contributed by atoms with Gasteiger partial charge in [0.25, 0.3) is 0 Å². The van der Waals surface area contributed by atoms with Crippen molar-refractivity contribution >= 4 is 11.6 Å². The molecule has 0 bridgehead atoms. The molecular formula is C18H20N6O. The highest BCUT2D eigenvalue weighted by Gasteiger charge is 2.11. The summed E-state index contributed by atoms with van der Waals surface area (Å²) in [5.41, 5.74) is 2.75. The Balaban J connectivity index is 1.75. The fraction of sp³-hybridized carbons (Fsp3) is 0.222. The highest BCUT2D eigenvalue weighted by molar-refractivity contribution is 5.80. The smallest absolute Gasteiger partial charge is 0.226 e. The van der Waals surface area contributed by atoms with E-state index in [1.807, 2.05) is 54.6 Å². The van der Waals surface area contributed by atoms with Crippen LogP contribution in [0.4, 0.5) is 5.69 Å². The summed E-state index contributed by atoms with van der Waals surface area (Å²) in [6.07, 6.45) is 0.347. The van der Waals surface area contributed by atoms with Crippen molar-refractivity contribution in [1.29, 1.82) is 0 Å². The van der Waals surface area contributed by atoms with E-state index in [1.54, 1.807) is 23.7 Å². The molecule has 0 radical (unpaired) electrons. The van der Waals surface area contributed by atoms with Crippen LogP contribution in [0.1, 0.15) is 11.4 Å². The van der Waals surface area contributed by atoms with Crippen molar-refractivity contribution in [1.82, 2.24) is 25.1 Å². The second-order valence-electron chi connectivity index (χ2n) is 5.82. The molecule has 0 aliphatic carbocycles. The first-order valence-corrected chi connectivity index (χ1v) is 8.00. The van der Waals surface area contributed by atoms with E-state index >= 15 is 0 Å². The van der Waals surface area contributed by atoms with Crippen LogP contribution in [0.3, 0.4) is 0 Å². The number of amides is 1. The molecule has 3 rings (SSSR count). The highest BCUT2D eigenvalue weighted by Crippen LogP contribution is 2.17. The summed E-state index contributed by atoms with van der Waals surface area (Å²) >= 11 is 0. The predicted molar refractivity (Wildman–Crippen MR) is 95.3 cm³/mol. The van der Waals surface area contributed by atoms with E-state index in [0.29, 0.717) is 18.8 Å². The first-order valence-electron chi connectivity index (χ1n) is 8.00. The molecule has 1 heterocycles. The second-order valence-corrected chi connectivity index (χ2v) is 5.82. The zero-order valence-electron chi connectivity index (χ0n) is 14.3. The number of hydrogen-bond acceptors (Lipinski definition) is 5. The molecule has 1 aromatic heterocycles. The van der Waals surface area contributed by atoms with E-state index in [2.05, 4.69) is 20.8 Å². The predicted octanol–water partition coefficient (Wildman–Crippen LogP) is 1.91. The van der Waals surface area contributed by atoms with Crippen LogP contribution in [0.2, 0.25) is 0 Å². The number of carbonyl (C=O) groups excluding carboxylic acids is 1. The number of tetrazole rings is 1. The normalized spacial score (nSPS) is 10.5.